The summed E-state index contributed by atoms with van der Waals surface area (Å²) in [5, 5.41) is 2.87. The Balaban J connectivity index is 2.07. The quantitative estimate of drug-likeness (QED) is 0.794. The van der Waals surface area contributed by atoms with Crippen molar-refractivity contribution in [3.05, 3.63) is 71.3 Å². The van der Waals surface area contributed by atoms with E-state index in [2.05, 4.69) is 5.32 Å². The van der Waals surface area contributed by atoms with Gasteiger partial charge in [-0.25, -0.2) is 0 Å². The second-order valence-corrected chi connectivity index (χ2v) is 6.44. The van der Waals surface area contributed by atoms with Crippen LogP contribution in [-0.4, -0.2) is 55.3 Å². The van der Waals surface area contributed by atoms with Gasteiger partial charge in [0, 0.05) is 37.3 Å². The molecule has 2 rings (SSSR count). The molecule has 138 valence electrons. The van der Waals surface area contributed by atoms with E-state index in [0.29, 0.717) is 30.8 Å². The summed E-state index contributed by atoms with van der Waals surface area (Å²) >= 11 is 0. The first kappa shape index (κ1) is 19.7. The first-order valence-corrected chi connectivity index (χ1v) is 8.87. The maximum atomic E-state index is 12.8. The van der Waals surface area contributed by atoms with E-state index in [1.165, 1.54) is 0 Å². The van der Waals surface area contributed by atoms with Crippen molar-refractivity contribution in [2.24, 2.45) is 0 Å². The smallest absolute Gasteiger partial charge is 0.254 e. The van der Waals surface area contributed by atoms with Gasteiger partial charge in [0.15, 0.2) is 0 Å². The molecule has 0 fully saturated rings. The Morgan fingerprint density at radius 3 is 2.31 bits per heavy atom. The first-order chi connectivity index (χ1) is 12.5. The van der Waals surface area contributed by atoms with E-state index in [1.807, 2.05) is 56.3 Å². The average Bonchev–Trinajstić information content (AvgIpc) is 2.66. The highest BCUT2D eigenvalue weighted by molar-refractivity contribution is 5.99. The minimum absolute atomic E-state index is 0.0701. The van der Waals surface area contributed by atoms with E-state index in [4.69, 9.17) is 0 Å². The van der Waals surface area contributed by atoms with E-state index in [-0.39, 0.29) is 11.8 Å². The standard InChI is InChI=1S/C21H27N3O2/c1-4-24(16-17-9-6-5-7-10-17)21(26)19-12-8-11-18(15-19)20(25)22-13-14-23(2)3/h5-12,15H,4,13-14,16H2,1-3H3,(H,22,25). The highest BCUT2D eigenvalue weighted by Gasteiger charge is 2.16. The molecule has 0 bridgehead atoms. The first-order valence-electron chi connectivity index (χ1n) is 8.87. The molecule has 0 aromatic heterocycles. The SMILES string of the molecule is CCN(Cc1ccccc1)C(=O)c1cccc(C(=O)NCCN(C)C)c1. The molecule has 2 aromatic carbocycles. The lowest BCUT2D eigenvalue weighted by Gasteiger charge is -2.21. The van der Waals surface area contributed by atoms with Crippen LogP contribution < -0.4 is 5.32 Å². The summed E-state index contributed by atoms with van der Waals surface area (Å²) in [6, 6.07) is 16.8. The van der Waals surface area contributed by atoms with Crippen molar-refractivity contribution in [2.45, 2.75) is 13.5 Å². The summed E-state index contributed by atoms with van der Waals surface area (Å²) in [6.45, 7) is 4.45. The van der Waals surface area contributed by atoms with E-state index >= 15 is 0 Å². The van der Waals surface area contributed by atoms with Crippen molar-refractivity contribution in [3.63, 3.8) is 0 Å². The van der Waals surface area contributed by atoms with Crippen LogP contribution in [0.3, 0.4) is 0 Å². The monoisotopic (exact) mass is 353 g/mol. The molecule has 5 heteroatoms. The highest BCUT2D eigenvalue weighted by atomic mass is 16.2. The number of carbonyl (C=O) groups is 2. The fourth-order valence-corrected chi connectivity index (χ4v) is 2.60. The fraction of sp³-hybridized carbons (Fsp3) is 0.333. The number of nitrogens with zero attached hydrogens (tertiary/aromatic N) is 2. The Hall–Kier alpha value is -2.66. The predicted molar refractivity (Wildman–Crippen MR) is 104 cm³/mol. The molecule has 2 aromatic rings. The van der Waals surface area contributed by atoms with Crippen molar-refractivity contribution in [3.8, 4) is 0 Å². The molecule has 0 aliphatic carbocycles. The number of benzene rings is 2. The summed E-state index contributed by atoms with van der Waals surface area (Å²) < 4.78 is 0. The lowest BCUT2D eigenvalue weighted by Crippen LogP contribution is -2.32. The number of rotatable bonds is 8. The van der Waals surface area contributed by atoms with Gasteiger partial charge >= 0.3 is 0 Å². The highest BCUT2D eigenvalue weighted by Crippen LogP contribution is 2.12. The maximum Gasteiger partial charge on any atom is 0.254 e. The zero-order valence-corrected chi connectivity index (χ0v) is 15.7. The van der Waals surface area contributed by atoms with Crippen molar-refractivity contribution < 1.29 is 9.59 Å². The summed E-state index contributed by atoms with van der Waals surface area (Å²) in [7, 11) is 3.91. The van der Waals surface area contributed by atoms with Gasteiger partial charge in [-0.15, -0.1) is 0 Å². The fourth-order valence-electron chi connectivity index (χ4n) is 2.60. The third-order valence-electron chi connectivity index (χ3n) is 4.10. The average molecular weight is 353 g/mol. The van der Waals surface area contributed by atoms with Crippen molar-refractivity contribution >= 4 is 11.8 Å². The van der Waals surface area contributed by atoms with Crippen LogP contribution in [0.1, 0.15) is 33.2 Å². The molecule has 0 spiro atoms. The molecule has 0 radical (unpaired) electrons. The minimum atomic E-state index is -0.160. The number of amides is 2. The van der Waals surface area contributed by atoms with E-state index in [0.717, 1.165) is 12.1 Å². The van der Waals surface area contributed by atoms with Crippen LogP contribution >= 0.6 is 0 Å². The van der Waals surface area contributed by atoms with E-state index in [1.54, 1.807) is 29.2 Å². The minimum Gasteiger partial charge on any atom is -0.351 e. The number of nitrogens with one attached hydrogen (secondary N) is 1. The van der Waals surface area contributed by atoms with Crippen LogP contribution in [0, 0.1) is 0 Å². The molecular formula is C21H27N3O2. The summed E-state index contributed by atoms with van der Waals surface area (Å²) in [4.78, 5) is 28.9. The van der Waals surface area contributed by atoms with Crippen LogP contribution in [-0.2, 0) is 6.54 Å². The summed E-state index contributed by atoms with van der Waals surface area (Å²) in [5.41, 5.74) is 2.12. The largest absolute Gasteiger partial charge is 0.351 e. The van der Waals surface area contributed by atoms with Gasteiger partial charge in [0.2, 0.25) is 0 Å². The lowest BCUT2D eigenvalue weighted by atomic mass is 10.1. The Morgan fingerprint density at radius 2 is 1.65 bits per heavy atom. The zero-order chi connectivity index (χ0) is 18.9. The van der Waals surface area contributed by atoms with E-state index in [9.17, 15) is 9.59 Å². The molecule has 0 atom stereocenters. The van der Waals surface area contributed by atoms with Crippen LogP contribution in [0.15, 0.2) is 54.6 Å². The molecule has 0 aliphatic heterocycles. The number of likely N-dealkylation sites (N-methyl/N-ethyl adjacent to an activating group) is 1. The van der Waals surface area contributed by atoms with Gasteiger partial charge in [0.25, 0.3) is 11.8 Å². The molecule has 1 N–H and O–H groups in total. The second-order valence-electron chi connectivity index (χ2n) is 6.44. The van der Waals surface area contributed by atoms with Gasteiger partial charge in [-0.3, -0.25) is 9.59 Å². The third-order valence-corrected chi connectivity index (χ3v) is 4.10. The Kier molecular flexibility index (Phi) is 7.36. The molecule has 0 heterocycles. The molecule has 0 saturated carbocycles. The van der Waals surface area contributed by atoms with E-state index < -0.39 is 0 Å². The molecule has 0 unspecified atom stereocenters. The topological polar surface area (TPSA) is 52.7 Å². The predicted octanol–water partition coefficient (Wildman–Crippen LogP) is 2.64. The van der Waals surface area contributed by atoms with Crippen molar-refractivity contribution in [1.82, 2.24) is 15.1 Å². The van der Waals surface area contributed by atoms with Gasteiger partial charge in [-0.1, -0.05) is 36.4 Å². The molecule has 26 heavy (non-hydrogen) atoms. The summed E-state index contributed by atoms with van der Waals surface area (Å²) in [6.07, 6.45) is 0. The molecule has 0 aliphatic rings. The van der Waals surface area contributed by atoms with Crippen LogP contribution in [0.5, 0.6) is 0 Å². The Morgan fingerprint density at radius 1 is 0.962 bits per heavy atom. The molecule has 0 saturated heterocycles. The van der Waals surface area contributed by atoms with Gasteiger partial charge in [-0.2, -0.15) is 0 Å². The van der Waals surface area contributed by atoms with Crippen molar-refractivity contribution in [2.75, 3.05) is 33.7 Å². The molecule has 5 nitrogen and oxygen atoms in total. The van der Waals surface area contributed by atoms with Crippen LogP contribution in [0.25, 0.3) is 0 Å². The van der Waals surface area contributed by atoms with Gasteiger partial charge < -0.3 is 15.1 Å². The molecule has 2 amide bonds. The Bertz CT molecular complexity index is 729. The van der Waals surface area contributed by atoms with Gasteiger partial charge in [0.1, 0.15) is 0 Å². The number of hydrogen-bond acceptors (Lipinski definition) is 3. The van der Waals surface area contributed by atoms with Crippen LogP contribution in [0.2, 0.25) is 0 Å². The van der Waals surface area contributed by atoms with Crippen LogP contribution in [0.4, 0.5) is 0 Å². The van der Waals surface area contributed by atoms with Gasteiger partial charge in [-0.05, 0) is 44.8 Å². The summed E-state index contributed by atoms with van der Waals surface area (Å²) in [5.74, 6) is -0.230. The zero-order valence-electron chi connectivity index (χ0n) is 15.7. The van der Waals surface area contributed by atoms with Gasteiger partial charge in [0.05, 0.1) is 0 Å². The third kappa shape index (κ3) is 5.70. The lowest BCUT2D eigenvalue weighted by molar-refractivity contribution is 0.0752. The molecular weight excluding hydrogens is 326 g/mol. The second kappa shape index (κ2) is 9.73. The normalized spacial score (nSPS) is 10.6. The van der Waals surface area contributed by atoms with Crippen molar-refractivity contribution in [1.29, 1.82) is 0 Å². The Labute approximate surface area is 155 Å². The number of carbonyl (C=O) groups excluding carboxylic acids is 2. The number of hydrogen-bond donors (Lipinski definition) is 1. The maximum absolute atomic E-state index is 12.8.